The summed E-state index contributed by atoms with van der Waals surface area (Å²) in [6.07, 6.45) is 5.88. The Labute approximate surface area is 123 Å². The topological polar surface area (TPSA) is 0 Å². The minimum atomic E-state index is 1.05. The fraction of sp³-hybridized carbons (Fsp3) is 0.400. The lowest BCUT2D eigenvalue weighted by Crippen LogP contribution is -1.95. The monoisotopic (exact) mass is 266 g/mol. The molecular formula is C20H26. The second-order valence-corrected chi connectivity index (χ2v) is 5.82. The second-order valence-electron chi connectivity index (χ2n) is 5.82. The van der Waals surface area contributed by atoms with Gasteiger partial charge in [0.05, 0.1) is 0 Å². The average Bonchev–Trinajstić information content (AvgIpc) is 2.39. The first kappa shape index (κ1) is 14.8. The van der Waals surface area contributed by atoms with Crippen LogP contribution in [0.3, 0.4) is 0 Å². The molecule has 0 aliphatic rings. The number of hydrogen-bond acceptors (Lipinski definition) is 0. The molecular weight excluding hydrogens is 240 g/mol. The summed E-state index contributed by atoms with van der Waals surface area (Å²) in [5.74, 6) is 0. The highest BCUT2D eigenvalue weighted by Crippen LogP contribution is 2.18. The Morgan fingerprint density at radius 2 is 1.30 bits per heavy atom. The lowest BCUT2D eigenvalue weighted by molar-refractivity contribution is 0.890. The predicted molar refractivity (Wildman–Crippen MR) is 88.4 cm³/mol. The number of hydrogen-bond donors (Lipinski definition) is 0. The van der Waals surface area contributed by atoms with E-state index in [1.807, 2.05) is 0 Å². The van der Waals surface area contributed by atoms with Crippen LogP contribution in [0.4, 0.5) is 0 Å². The van der Waals surface area contributed by atoms with Gasteiger partial charge in [-0.2, -0.15) is 0 Å². The van der Waals surface area contributed by atoms with Gasteiger partial charge in [-0.05, 0) is 48.4 Å². The van der Waals surface area contributed by atoms with Gasteiger partial charge in [-0.1, -0.05) is 74.7 Å². The van der Waals surface area contributed by atoms with Crippen LogP contribution in [0.2, 0.25) is 0 Å². The van der Waals surface area contributed by atoms with Gasteiger partial charge < -0.3 is 0 Å². The molecule has 0 aliphatic heterocycles. The Hall–Kier alpha value is -1.56. The molecule has 0 saturated heterocycles. The van der Waals surface area contributed by atoms with Crippen LogP contribution in [0, 0.1) is 6.92 Å². The van der Waals surface area contributed by atoms with Gasteiger partial charge in [-0.15, -0.1) is 0 Å². The Morgan fingerprint density at radius 3 is 1.85 bits per heavy atom. The van der Waals surface area contributed by atoms with Gasteiger partial charge in [0, 0.05) is 0 Å². The lowest BCUT2D eigenvalue weighted by atomic mass is 9.96. The van der Waals surface area contributed by atoms with Crippen LogP contribution in [0.25, 0.3) is 0 Å². The molecule has 0 aliphatic carbocycles. The van der Waals surface area contributed by atoms with Gasteiger partial charge in [0.2, 0.25) is 0 Å². The molecule has 0 spiro atoms. The van der Waals surface area contributed by atoms with E-state index in [1.165, 1.54) is 53.5 Å². The molecule has 2 rings (SSSR count). The smallest absolute Gasteiger partial charge is 0.00255 e. The first-order valence-corrected chi connectivity index (χ1v) is 7.88. The third-order valence-corrected chi connectivity index (χ3v) is 3.68. The van der Waals surface area contributed by atoms with E-state index >= 15 is 0 Å². The molecule has 0 amide bonds. The molecule has 106 valence electrons. The molecule has 2 aromatic carbocycles. The van der Waals surface area contributed by atoms with Gasteiger partial charge in [-0.25, -0.2) is 0 Å². The fourth-order valence-electron chi connectivity index (χ4n) is 2.87. The molecule has 0 heterocycles. The summed E-state index contributed by atoms with van der Waals surface area (Å²) in [4.78, 5) is 0. The van der Waals surface area contributed by atoms with Crippen molar-refractivity contribution >= 4 is 0 Å². The van der Waals surface area contributed by atoms with E-state index < -0.39 is 0 Å². The van der Waals surface area contributed by atoms with E-state index in [4.69, 9.17) is 0 Å². The number of benzene rings is 2. The zero-order chi connectivity index (χ0) is 14.4. The third kappa shape index (κ3) is 4.23. The minimum absolute atomic E-state index is 1.05. The molecule has 0 aromatic heterocycles. The van der Waals surface area contributed by atoms with Crippen molar-refractivity contribution in [1.29, 1.82) is 0 Å². The highest BCUT2D eigenvalue weighted by Gasteiger charge is 2.03. The van der Waals surface area contributed by atoms with E-state index in [0.717, 1.165) is 6.42 Å². The van der Waals surface area contributed by atoms with Crippen molar-refractivity contribution in [3.05, 3.63) is 70.3 Å². The standard InChI is InChI=1S/C20H26/c1-4-7-17-12-18(8-5-2)14-20(13-17)15-19-10-6-9-16(3)11-19/h6,9-14H,4-5,7-8,15H2,1-3H3. The molecule has 0 unspecified atom stereocenters. The van der Waals surface area contributed by atoms with Crippen molar-refractivity contribution in [2.24, 2.45) is 0 Å². The van der Waals surface area contributed by atoms with Crippen LogP contribution in [-0.4, -0.2) is 0 Å². The number of aryl methyl sites for hydroxylation is 3. The van der Waals surface area contributed by atoms with E-state index in [9.17, 15) is 0 Å². The Balaban J connectivity index is 2.25. The van der Waals surface area contributed by atoms with E-state index in [2.05, 4.69) is 63.2 Å². The molecule has 0 fully saturated rings. The Morgan fingerprint density at radius 1 is 0.700 bits per heavy atom. The molecule has 0 saturated carbocycles. The summed E-state index contributed by atoms with van der Waals surface area (Å²) in [5.41, 5.74) is 7.23. The quantitative estimate of drug-likeness (QED) is 0.648. The molecule has 0 N–H and O–H groups in total. The number of rotatable bonds is 6. The predicted octanol–water partition coefficient (Wildman–Crippen LogP) is 5.49. The van der Waals surface area contributed by atoms with E-state index in [1.54, 1.807) is 0 Å². The van der Waals surface area contributed by atoms with Crippen molar-refractivity contribution in [2.45, 2.75) is 52.9 Å². The average molecular weight is 266 g/mol. The van der Waals surface area contributed by atoms with Gasteiger partial charge >= 0.3 is 0 Å². The second kappa shape index (κ2) is 7.28. The van der Waals surface area contributed by atoms with Crippen molar-refractivity contribution in [2.75, 3.05) is 0 Å². The molecule has 20 heavy (non-hydrogen) atoms. The zero-order valence-electron chi connectivity index (χ0n) is 13.1. The summed E-state index contributed by atoms with van der Waals surface area (Å²) in [7, 11) is 0. The molecule has 0 radical (unpaired) electrons. The van der Waals surface area contributed by atoms with Crippen molar-refractivity contribution < 1.29 is 0 Å². The van der Waals surface area contributed by atoms with Crippen molar-refractivity contribution in [1.82, 2.24) is 0 Å². The van der Waals surface area contributed by atoms with E-state index in [-0.39, 0.29) is 0 Å². The van der Waals surface area contributed by atoms with Gasteiger partial charge in [0.15, 0.2) is 0 Å². The van der Waals surface area contributed by atoms with Crippen molar-refractivity contribution in [3.63, 3.8) is 0 Å². The molecule has 0 heteroatoms. The van der Waals surface area contributed by atoms with Crippen LogP contribution in [0.15, 0.2) is 42.5 Å². The molecule has 0 atom stereocenters. The van der Waals surface area contributed by atoms with Gasteiger partial charge in [0.25, 0.3) is 0 Å². The maximum absolute atomic E-state index is 2.40. The third-order valence-electron chi connectivity index (χ3n) is 3.68. The summed E-state index contributed by atoms with van der Waals surface area (Å²) in [5, 5.41) is 0. The Kier molecular flexibility index (Phi) is 5.40. The van der Waals surface area contributed by atoms with Crippen molar-refractivity contribution in [3.8, 4) is 0 Å². The summed E-state index contributed by atoms with van der Waals surface area (Å²) >= 11 is 0. The SMILES string of the molecule is CCCc1cc(CCC)cc(Cc2cccc(C)c2)c1. The highest BCUT2D eigenvalue weighted by atomic mass is 14.1. The fourth-order valence-corrected chi connectivity index (χ4v) is 2.87. The van der Waals surface area contributed by atoms with Gasteiger partial charge in [-0.3, -0.25) is 0 Å². The maximum atomic E-state index is 2.40. The summed E-state index contributed by atoms with van der Waals surface area (Å²) in [6.45, 7) is 6.68. The van der Waals surface area contributed by atoms with Crippen LogP contribution >= 0.6 is 0 Å². The molecule has 2 aromatic rings. The normalized spacial score (nSPS) is 10.8. The Bertz CT molecular complexity index is 527. The molecule has 0 bridgehead atoms. The van der Waals surface area contributed by atoms with Crippen LogP contribution in [-0.2, 0) is 19.3 Å². The molecule has 0 nitrogen and oxygen atoms in total. The van der Waals surface area contributed by atoms with Gasteiger partial charge in [0.1, 0.15) is 0 Å². The summed E-state index contributed by atoms with van der Waals surface area (Å²) in [6, 6.07) is 16.0. The first-order valence-electron chi connectivity index (χ1n) is 7.88. The zero-order valence-corrected chi connectivity index (χ0v) is 13.1. The largest absolute Gasteiger partial charge is 0.0651 e. The van der Waals surface area contributed by atoms with Crippen LogP contribution < -0.4 is 0 Å². The lowest BCUT2D eigenvalue weighted by Gasteiger charge is -2.10. The van der Waals surface area contributed by atoms with E-state index in [0.29, 0.717) is 0 Å². The van der Waals surface area contributed by atoms with Crippen LogP contribution in [0.5, 0.6) is 0 Å². The maximum Gasteiger partial charge on any atom is -0.00255 e. The first-order chi connectivity index (χ1) is 9.71. The highest BCUT2D eigenvalue weighted by molar-refractivity contribution is 5.35. The van der Waals surface area contributed by atoms with Crippen LogP contribution in [0.1, 0.15) is 54.5 Å². The minimum Gasteiger partial charge on any atom is -0.0651 e. The summed E-state index contributed by atoms with van der Waals surface area (Å²) < 4.78 is 0.